The monoisotopic (exact) mass is 320 g/mol. The molecule has 0 aliphatic heterocycles. The SMILES string of the molecule is CCSC(=O)N(c1ccc(Cl)cc1C)c1ncccc1C. The van der Waals surface area contributed by atoms with Crippen LogP contribution in [0, 0.1) is 13.8 Å². The molecular weight excluding hydrogens is 304 g/mol. The van der Waals surface area contributed by atoms with Crippen LogP contribution in [0.15, 0.2) is 36.5 Å². The molecule has 0 saturated heterocycles. The molecule has 0 aliphatic carbocycles. The summed E-state index contributed by atoms with van der Waals surface area (Å²) in [5.74, 6) is 1.38. The first-order chi connectivity index (χ1) is 10.0. The van der Waals surface area contributed by atoms with Gasteiger partial charge in [-0.25, -0.2) is 4.98 Å². The van der Waals surface area contributed by atoms with Gasteiger partial charge >= 0.3 is 0 Å². The minimum Gasteiger partial charge on any atom is -0.261 e. The lowest BCUT2D eigenvalue weighted by atomic mass is 10.1. The summed E-state index contributed by atoms with van der Waals surface area (Å²) in [5.41, 5.74) is 2.71. The normalized spacial score (nSPS) is 10.5. The molecule has 110 valence electrons. The molecular formula is C16H17ClN2OS. The predicted molar refractivity (Wildman–Crippen MR) is 90.8 cm³/mol. The third-order valence-corrected chi connectivity index (χ3v) is 4.00. The maximum absolute atomic E-state index is 12.5. The molecule has 0 radical (unpaired) electrons. The van der Waals surface area contributed by atoms with Crippen LogP contribution >= 0.6 is 23.4 Å². The average Bonchev–Trinajstić information content (AvgIpc) is 2.44. The van der Waals surface area contributed by atoms with Crippen LogP contribution in [-0.2, 0) is 0 Å². The Labute approximate surface area is 134 Å². The standard InChI is InChI=1S/C16H17ClN2OS/c1-4-21-16(20)19(15-11(2)6-5-9-18-15)14-8-7-13(17)10-12(14)3/h5-10H,4H2,1-3H3. The van der Waals surface area contributed by atoms with Crippen LogP contribution < -0.4 is 4.90 Å². The summed E-state index contributed by atoms with van der Waals surface area (Å²) in [6.45, 7) is 5.85. The summed E-state index contributed by atoms with van der Waals surface area (Å²) < 4.78 is 0. The molecule has 1 amide bonds. The second-order valence-corrected chi connectivity index (χ2v) is 6.26. The van der Waals surface area contributed by atoms with E-state index in [4.69, 9.17) is 11.6 Å². The Hall–Kier alpha value is -1.52. The number of nitrogens with zero attached hydrogens (tertiary/aromatic N) is 2. The zero-order chi connectivity index (χ0) is 15.4. The summed E-state index contributed by atoms with van der Waals surface area (Å²) in [6.07, 6.45) is 1.70. The van der Waals surface area contributed by atoms with Crippen LogP contribution in [0.2, 0.25) is 5.02 Å². The highest BCUT2D eigenvalue weighted by molar-refractivity contribution is 8.13. The first-order valence-electron chi connectivity index (χ1n) is 6.69. The number of carbonyl (C=O) groups excluding carboxylic acids is 1. The lowest BCUT2D eigenvalue weighted by molar-refractivity contribution is 0.267. The van der Waals surface area contributed by atoms with Crippen molar-refractivity contribution in [1.29, 1.82) is 0 Å². The minimum absolute atomic E-state index is 0.0373. The third-order valence-electron chi connectivity index (χ3n) is 3.04. The molecule has 2 aromatic rings. The molecule has 1 heterocycles. The smallest absolute Gasteiger partial charge is 0.261 e. The Morgan fingerprint density at radius 2 is 2.05 bits per heavy atom. The lowest BCUT2D eigenvalue weighted by Gasteiger charge is -2.24. The molecule has 2 rings (SSSR count). The highest BCUT2D eigenvalue weighted by Gasteiger charge is 2.22. The van der Waals surface area contributed by atoms with E-state index in [9.17, 15) is 4.79 Å². The quantitative estimate of drug-likeness (QED) is 0.763. The predicted octanol–water partition coefficient (Wildman–Crippen LogP) is 5.36. The number of hydrogen-bond acceptors (Lipinski definition) is 3. The fourth-order valence-electron chi connectivity index (χ4n) is 2.07. The number of thioether (sulfide) groups is 1. The van der Waals surface area contributed by atoms with Gasteiger partial charge in [-0.15, -0.1) is 0 Å². The summed E-state index contributed by atoms with van der Waals surface area (Å²) in [6, 6.07) is 9.32. The molecule has 1 aromatic heterocycles. The number of aromatic nitrogens is 1. The maximum atomic E-state index is 12.5. The van der Waals surface area contributed by atoms with Gasteiger partial charge in [0.1, 0.15) is 5.82 Å². The van der Waals surface area contributed by atoms with Gasteiger partial charge in [0.25, 0.3) is 5.24 Å². The van der Waals surface area contributed by atoms with Crippen LogP contribution in [0.3, 0.4) is 0 Å². The van der Waals surface area contributed by atoms with Gasteiger partial charge in [0.15, 0.2) is 0 Å². The minimum atomic E-state index is -0.0373. The highest BCUT2D eigenvalue weighted by Crippen LogP contribution is 2.33. The molecule has 5 heteroatoms. The Morgan fingerprint density at radius 3 is 2.67 bits per heavy atom. The molecule has 1 aromatic carbocycles. The number of anilines is 2. The van der Waals surface area contributed by atoms with Gasteiger partial charge in [0.2, 0.25) is 0 Å². The Balaban J connectivity index is 2.56. The van der Waals surface area contributed by atoms with Crippen molar-refractivity contribution >= 4 is 40.1 Å². The van der Waals surface area contributed by atoms with Gasteiger partial charge in [0.05, 0.1) is 5.69 Å². The topological polar surface area (TPSA) is 33.2 Å². The van der Waals surface area contributed by atoms with E-state index in [1.165, 1.54) is 11.8 Å². The van der Waals surface area contributed by atoms with E-state index in [2.05, 4.69) is 4.98 Å². The Morgan fingerprint density at radius 1 is 1.29 bits per heavy atom. The fraction of sp³-hybridized carbons (Fsp3) is 0.250. The average molecular weight is 321 g/mol. The van der Waals surface area contributed by atoms with Crippen molar-refractivity contribution < 1.29 is 4.79 Å². The number of aryl methyl sites for hydroxylation is 2. The number of pyridine rings is 1. The third kappa shape index (κ3) is 3.57. The molecule has 0 fully saturated rings. The van der Waals surface area contributed by atoms with Crippen molar-refractivity contribution in [3.8, 4) is 0 Å². The van der Waals surface area contributed by atoms with E-state index in [1.807, 2.05) is 45.0 Å². The molecule has 0 saturated carbocycles. The first kappa shape index (κ1) is 15.9. The fourth-order valence-corrected chi connectivity index (χ4v) is 2.86. The number of benzene rings is 1. The van der Waals surface area contributed by atoms with Gasteiger partial charge in [-0.3, -0.25) is 9.69 Å². The van der Waals surface area contributed by atoms with Crippen LogP contribution in [0.25, 0.3) is 0 Å². The van der Waals surface area contributed by atoms with E-state index in [0.29, 0.717) is 16.6 Å². The van der Waals surface area contributed by atoms with Gasteiger partial charge in [-0.2, -0.15) is 0 Å². The number of amides is 1. The molecule has 0 N–H and O–H groups in total. The zero-order valence-corrected chi connectivity index (χ0v) is 13.8. The van der Waals surface area contributed by atoms with E-state index >= 15 is 0 Å². The van der Waals surface area contributed by atoms with E-state index in [0.717, 1.165) is 16.8 Å². The van der Waals surface area contributed by atoms with E-state index in [1.54, 1.807) is 17.2 Å². The largest absolute Gasteiger partial charge is 0.291 e. The van der Waals surface area contributed by atoms with Crippen molar-refractivity contribution in [1.82, 2.24) is 4.98 Å². The van der Waals surface area contributed by atoms with Crippen LogP contribution in [0.5, 0.6) is 0 Å². The zero-order valence-electron chi connectivity index (χ0n) is 12.3. The summed E-state index contributed by atoms with van der Waals surface area (Å²) in [4.78, 5) is 18.6. The second kappa shape index (κ2) is 6.96. The molecule has 21 heavy (non-hydrogen) atoms. The van der Waals surface area contributed by atoms with Crippen molar-refractivity contribution in [2.24, 2.45) is 0 Å². The van der Waals surface area contributed by atoms with Crippen LogP contribution in [-0.4, -0.2) is 16.0 Å². The second-order valence-electron chi connectivity index (χ2n) is 4.61. The van der Waals surface area contributed by atoms with E-state index < -0.39 is 0 Å². The maximum Gasteiger partial charge on any atom is 0.291 e. The van der Waals surface area contributed by atoms with Crippen LogP contribution in [0.1, 0.15) is 18.1 Å². The molecule has 0 unspecified atom stereocenters. The van der Waals surface area contributed by atoms with Gasteiger partial charge < -0.3 is 0 Å². The summed E-state index contributed by atoms with van der Waals surface area (Å²) in [5, 5.41) is 0.620. The van der Waals surface area contributed by atoms with Crippen LogP contribution in [0.4, 0.5) is 16.3 Å². The number of rotatable bonds is 3. The summed E-state index contributed by atoms with van der Waals surface area (Å²) in [7, 11) is 0. The summed E-state index contributed by atoms with van der Waals surface area (Å²) >= 11 is 7.28. The van der Waals surface area contributed by atoms with Gasteiger partial charge in [0, 0.05) is 11.2 Å². The van der Waals surface area contributed by atoms with Crippen molar-refractivity contribution in [2.75, 3.05) is 10.7 Å². The van der Waals surface area contributed by atoms with Crippen molar-refractivity contribution in [3.63, 3.8) is 0 Å². The van der Waals surface area contributed by atoms with E-state index in [-0.39, 0.29) is 5.24 Å². The Kier molecular flexibility index (Phi) is 5.26. The van der Waals surface area contributed by atoms with Gasteiger partial charge in [-0.05, 0) is 55.0 Å². The van der Waals surface area contributed by atoms with Crippen molar-refractivity contribution in [2.45, 2.75) is 20.8 Å². The number of hydrogen-bond donors (Lipinski definition) is 0. The molecule has 0 aliphatic rings. The first-order valence-corrected chi connectivity index (χ1v) is 8.05. The molecule has 0 bridgehead atoms. The molecule has 3 nitrogen and oxygen atoms in total. The molecule has 0 spiro atoms. The number of halogens is 1. The lowest BCUT2D eigenvalue weighted by Crippen LogP contribution is -2.24. The molecule has 0 atom stereocenters. The Bertz CT molecular complexity index is 660. The number of carbonyl (C=O) groups is 1. The highest BCUT2D eigenvalue weighted by atomic mass is 35.5. The van der Waals surface area contributed by atoms with Crippen molar-refractivity contribution in [3.05, 3.63) is 52.7 Å². The van der Waals surface area contributed by atoms with Gasteiger partial charge in [-0.1, -0.05) is 36.4 Å².